The van der Waals surface area contributed by atoms with Gasteiger partial charge in [0.1, 0.15) is 12.4 Å². The normalized spacial score (nSPS) is 25.6. The van der Waals surface area contributed by atoms with E-state index in [9.17, 15) is 14.7 Å². The monoisotopic (exact) mass is 395 g/mol. The largest absolute Gasteiger partial charge is 0.489 e. The van der Waals surface area contributed by atoms with Gasteiger partial charge in [0, 0.05) is 24.9 Å². The number of carbonyl (C=O) groups excluding carboxylic acids is 1. The van der Waals surface area contributed by atoms with Crippen LogP contribution in [0.15, 0.2) is 54.6 Å². The van der Waals surface area contributed by atoms with Crippen LogP contribution in [0.3, 0.4) is 0 Å². The highest BCUT2D eigenvalue weighted by molar-refractivity contribution is 5.83. The predicted molar refractivity (Wildman–Crippen MR) is 106 cm³/mol. The number of β-amino-alcohol motifs (C(OH)–C–C–N with tert-alkyl or cyclic N) is 1. The lowest BCUT2D eigenvalue weighted by molar-refractivity contribution is -0.139. The lowest BCUT2D eigenvalue weighted by atomic mass is 10.0. The topological polar surface area (TPSA) is 87.1 Å². The van der Waals surface area contributed by atoms with Crippen molar-refractivity contribution in [3.05, 3.63) is 65.7 Å². The molecule has 29 heavy (non-hydrogen) atoms. The van der Waals surface area contributed by atoms with Gasteiger partial charge in [0.15, 0.2) is 0 Å². The molecule has 0 bridgehead atoms. The van der Waals surface area contributed by atoms with Crippen molar-refractivity contribution >= 4 is 11.9 Å². The van der Waals surface area contributed by atoms with Gasteiger partial charge in [-0.3, -0.25) is 9.59 Å². The number of hydrogen-bond acceptors (Lipinski definition) is 4. The van der Waals surface area contributed by atoms with Crippen molar-refractivity contribution in [1.29, 1.82) is 0 Å². The first-order valence-electron chi connectivity index (χ1n) is 9.96. The third-order valence-corrected chi connectivity index (χ3v) is 5.82. The summed E-state index contributed by atoms with van der Waals surface area (Å²) in [6.45, 7) is 1.06. The van der Waals surface area contributed by atoms with Crippen molar-refractivity contribution in [2.75, 3.05) is 13.1 Å². The molecule has 2 aromatic rings. The van der Waals surface area contributed by atoms with E-state index >= 15 is 0 Å². The van der Waals surface area contributed by atoms with Crippen LogP contribution in [-0.4, -0.2) is 46.2 Å². The second kappa shape index (κ2) is 8.25. The SMILES string of the molecule is O=C(O)C[C@@H]1CN(C(=O)[C@@H]2C[C@H]2c2ccc(OCc3ccccc3)cc2)C[C@H]1O. The smallest absolute Gasteiger partial charge is 0.303 e. The van der Waals surface area contributed by atoms with Gasteiger partial charge < -0.3 is 19.8 Å². The number of aliphatic hydroxyl groups excluding tert-OH is 1. The minimum atomic E-state index is -0.942. The zero-order valence-electron chi connectivity index (χ0n) is 16.1. The lowest BCUT2D eigenvalue weighted by Crippen LogP contribution is -2.31. The number of benzene rings is 2. The van der Waals surface area contributed by atoms with Crippen LogP contribution in [0.2, 0.25) is 0 Å². The van der Waals surface area contributed by atoms with E-state index in [1.54, 1.807) is 4.90 Å². The Bertz CT molecular complexity index is 867. The number of aliphatic hydroxyl groups is 1. The first kappa shape index (κ1) is 19.5. The average molecular weight is 395 g/mol. The van der Waals surface area contributed by atoms with Crippen molar-refractivity contribution in [2.24, 2.45) is 11.8 Å². The molecule has 152 valence electrons. The maximum atomic E-state index is 12.7. The van der Waals surface area contributed by atoms with E-state index < -0.39 is 12.1 Å². The third-order valence-electron chi connectivity index (χ3n) is 5.82. The number of amides is 1. The number of ether oxygens (including phenoxy) is 1. The molecule has 2 fully saturated rings. The second-order valence-corrected chi connectivity index (χ2v) is 7.96. The van der Waals surface area contributed by atoms with E-state index in [1.165, 1.54) is 0 Å². The van der Waals surface area contributed by atoms with Gasteiger partial charge in [-0.25, -0.2) is 0 Å². The lowest BCUT2D eigenvalue weighted by Gasteiger charge is -2.16. The molecule has 1 saturated heterocycles. The summed E-state index contributed by atoms with van der Waals surface area (Å²) in [5.74, 6) is -0.410. The highest BCUT2D eigenvalue weighted by Crippen LogP contribution is 2.49. The van der Waals surface area contributed by atoms with Gasteiger partial charge in [-0.1, -0.05) is 42.5 Å². The van der Waals surface area contributed by atoms with Crippen LogP contribution in [-0.2, 0) is 16.2 Å². The van der Waals surface area contributed by atoms with Crippen LogP contribution >= 0.6 is 0 Å². The molecule has 0 unspecified atom stereocenters. The van der Waals surface area contributed by atoms with Crippen LogP contribution in [0.25, 0.3) is 0 Å². The van der Waals surface area contributed by atoms with Crippen molar-refractivity contribution < 1.29 is 24.5 Å². The zero-order chi connectivity index (χ0) is 20.4. The van der Waals surface area contributed by atoms with E-state index in [0.29, 0.717) is 13.2 Å². The summed E-state index contributed by atoms with van der Waals surface area (Å²) in [6, 6.07) is 17.8. The maximum absolute atomic E-state index is 12.7. The molecule has 2 aromatic carbocycles. The van der Waals surface area contributed by atoms with Gasteiger partial charge in [-0.15, -0.1) is 0 Å². The van der Waals surface area contributed by atoms with Crippen LogP contribution in [0.5, 0.6) is 5.75 Å². The summed E-state index contributed by atoms with van der Waals surface area (Å²) in [5.41, 5.74) is 2.22. The fourth-order valence-corrected chi connectivity index (χ4v) is 4.08. The molecular weight excluding hydrogens is 370 g/mol. The Morgan fingerprint density at radius 2 is 1.76 bits per heavy atom. The van der Waals surface area contributed by atoms with Crippen molar-refractivity contribution in [3.8, 4) is 5.75 Å². The highest BCUT2D eigenvalue weighted by Gasteiger charge is 2.48. The molecule has 1 aliphatic carbocycles. The quantitative estimate of drug-likeness (QED) is 0.753. The number of nitrogens with zero attached hydrogens (tertiary/aromatic N) is 1. The Hall–Kier alpha value is -2.86. The minimum absolute atomic E-state index is 0.0198. The molecule has 6 heteroatoms. The van der Waals surface area contributed by atoms with Crippen LogP contribution in [0.1, 0.15) is 29.9 Å². The number of carboxylic acid groups (broad SMARTS) is 1. The Kier molecular flexibility index (Phi) is 5.53. The Balaban J connectivity index is 1.30. The molecule has 1 aliphatic heterocycles. The van der Waals surface area contributed by atoms with Gasteiger partial charge in [0.25, 0.3) is 0 Å². The van der Waals surface area contributed by atoms with E-state index in [1.807, 2.05) is 54.6 Å². The van der Waals surface area contributed by atoms with Gasteiger partial charge >= 0.3 is 5.97 Å². The standard InChI is InChI=1S/C23H25NO5/c25-21-13-24(12-17(21)10-22(26)27)23(28)20-11-19(20)16-6-8-18(9-7-16)29-14-15-4-2-1-3-5-15/h1-9,17,19-21,25H,10-14H2,(H,26,27)/t17-,19+,20-,21-/m1/s1. The molecule has 2 aliphatic rings. The van der Waals surface area contributed by atoms with E-state index in [4.69, 9.17) is 9.84 Å². The molecular formula is C23H25NO5. The van der Waals surface area contributed by atoms with Gasteiger partial charge in [0.2, 0.25) is 5.91 Å². The van der Waals surface area contributed by atoms with E-state index in [2.05, 4.69) is 0 Å². The summed E-state index contributed by atoms with van der Waals surface area (Å²) < 4.78 is 5.81. The van der Waals surface area contributed by atoms with Crippen molar-refractivity contribution in [2.45, 2.75) is 31.5 Å². The number of hydrogen-bond donors (Lipinski definition) is 2. The average Bonchev–Trinajstić information content (AvgIpc) is 3.44. The molecule has 1 heterocycles. The summed E-state index contributed by atoms with van der Waals surface area (Å²) in [6.07, 6.45) is -0.0729. The molecule has 2 N–H and O–H groups in total. The zero-order valence-corrected chi connectivity index (χ0v) is 16.1. The van der Waals surface area contributed by atoms with E-state index in [0.717, 1.165) is 23.3 Å². The second-order valence-electron chi connectivity index (χ2n) is 7.96. The molecule has 0 spiro atoms. The molecule has 1 amide bonds. The van der Waals surface area contributed by atoms with Crippen molar-refractivity contribution in [3.63, 3.8) is 0 Å². The Morgan fingerprint density at radius 3 is 2.45 bits per heavy atom. The number of aliphatic carboxylic acids is 1. The summed E-state index contributed by atoms with van der Waals surface area (Å²) >= 11 is 0. The molecule has 0 aromatic heterocycles. The first-order valence-corrected chi connectivity index (χ1v) is 9.96. The third kappa shape index (κ3) is 4.59. The van der Waals surface area contributed by atoms with Crippen LogP contribution in [0.4, 0.5) is 0 Å². The Morgan fingerprint density at radius 1 is 1.03 bits per heavy atom. The van der Waals surface area contributed by atoms with Gasteiger partial charge in [0.05, 0.1) is 12.5 Å². The molecule has 4 atom stereocenters. The fourth-order valence-electron chi connectivity index (χ4n) is 4.08. The van der Waals surface area contributed by atoms with Crippen molar-refractivity contribution in [1.82, 2.24) is 4.90 Å². The number of rotatable bonds is 7. The highest BCUT2D eigenvalue weighted by atomic mass is 16.5. The van der Waals surface area contributed by atoms with Gasteiger partial charge in [-0.05, 0) is 35.6 Å². The van der Waals surface area contributed by atoms with Crippen LogP contribution < -0.4 is 4.74 Å². The molecule has 1 saturated carbocycles. The predicted octanol–water partition coefficient (Wildman–Crippen LogP) is 2.66. The molecule has 4 rings (SSSR count). The number of carbonyl (C=O) groups is 2. The minimum Gasteiger partial charge on any atom is -0.489 e. The summed E-state index contributed by atoms with van der Waals surface area (Å²) in [7, 11) is 0. The maximum Gasteiger partial charge on any atom is 0.303 e. The number of likely N-dealkylation sites (tertiary alicyclic amines) is 1. The summed E-state index contributed by atoms with van der Waals surface area (Å²) in [4.78, 5) is 25.3. The van der Waals surface area contributed by atoms with E-state index in [-0.39, 0.29) is 36.6 Å². The summed E-state index contributed by atoms with van der Waals surface area (Å²) in [5, 5.41) is 19.0. The Labute approximate surface area is 169 Å². The molecule has 0 radical (unpaired) electrons. The number of carboxylic acids is 1. The van der Waals surface area contributed by atoms with Gasteiger partial charge in [-0.2, -0.15) is 0 Å². The first-order chi connectivity index (χ1) is 14.0. The fraction of sp³-hybridized carbons (Fsp3) is 0.391. The molecule has 6 nitrogen and oxygen atoms in total. The van der Waals surface area contributed by atoms with Crippen LogP contribution in [0, 0.1) is 11.8 Å².